The van der Waals surface area contributed by atoms with Crippen LogP contribution in [-0.4, -0.2) is 39.1 Å². The largest absolute Gasteiger partial charge is 0.497 e. The quantitative estimate of drug-likeness (QED) is 0.516. The van der Waals surface area contributed by atoms with Crippen molar-refractivity contribution in [3.8, 4) is 23.2 Å². The SMILES string of the molecule is C=CCn1c(SCC(=O)N[C@@](C)(C#N)C2CC2)nnc1-c1ccc(OC)cc1. The highest BCUT2D eigenvalue weighted by molar-refractivity contribution is 7.99. The van der Waals surface area contributed by atoms with Crippen LogP contribution in [0.4, 0.5) is 0 Å². The molecule has 1 aromatic heterocycles. The van der Waals surface area contributed by atoms with Gasteiger partial charge in [-0.25, -0.2) is 0 Å². The number of nitrogens with zero attached hydrogens (tertiary/aromatic N) is 4. The van der Waals surface area contributed by atoms with Crippen molar-refractivity contribution < 1.29 is 9.53 Å². The number of carbonyl (C=O) groups excluding carboxylic acids is 1. The van der Waals surface area contributed by atoms with Gasteiger partial charge >= 0.3 is 0 Å². The number of hydrogen-bond acceptors (Lipinski definition) is 6. The lowest BCUT2D eigenvalue weighted by molar-refractivity contribution is -0.119. The van der Waals surface area contributed by atoms with Crippen LogP contribution in [0.2, 0.25) is 0 Å². The molecule has 0 radical (unpaired) electrons. The van der Waals surface area contributed by atoms with Crippen LogP contribution in [0.3, 0.4) is 0 Å². The summed E-state index contributed by atoms with van der Waals surface area (Å²) in [6, 6.07) is 9.80. The number of allylic oxidation sites excluding steroid dienone is 1. The van der Waals surface area contributed by atoms with Crippen LogP contribution in [0.15, 0.2) is 42.1 Å². The first-order chi connectivity index (χ1) is 13.5. The Morgan fingerprint density at radius 3 is 2.75 bits per heavy atom. The van der Waals surface area contributed by atoms with Gasteiger partial charge in [0.1, 0.15) is 11.3 Å². The van der Waals surface area contributed by atoms with E-state index < -0.39 is 5.54 Å². The summed E-state index contributed by atoms with van der Waals surface area (Å²) < 4.78 is 7.11. The number of aromatic nitrogens is 3. The van der Waals surface area contributed by atoms with Crippen molar-refractivity contribution in [1.29, 1.82) is 5.26 Å². The molecule has 1 aliphatic carbocycles. The first-order valence-corrected chi connectivity index (χ1v) is 10.0. The van der Waals surface area contributed by atoms with Crippen molar-refractivity contribution in [3.05, 3.63) is 36.9 Å². The Hall–Kier alpha value is -2.79. The van der Waals surface area contributed by atoms with E-state index >= 15 is 0 Å². The molecule has 7 nitrogen and oxygen atoms in total. The summed E-state index contributed by atoms with van der Waals surface area (Å²) in [4.78, 5) is 12.4. The third-order valence-electron chi connectivity index (χ3n) is 4.73. The monoisotopic (exact) mass is 397 g/mol. The molecule has 0 spiro atoms. The van der Waals surface area contributed by atoms with Crippen LogP contribution in [0.25, 0.3) is 11.4 Å². The molecule has 1 amide bonds. The zero-order valence-electron chi connectivity index (χ0n) is 16.0. The van der Waals surface area contributed by atoms with Gasteiger partial charge in [0.25, 0.3) is 0 Å². The predicted molar refractivity (Wildman–Crippen MR) is 108 cm³/mol. The highest BCUT2D eigenvalue weighted by Crippen LogP contribution is 2.39. The Morgan fingerprint density at radius 1 is 1.46 bits per heavy atom. The van der Waals surface area contributed by atoms with Gasteiger partial charge in [-0.2, -0.15) is 5.26 Å². The van der Waals surface area contributed by atoms with E-state index in [4.69, 9.17) is 4.74 Å². The Kier molecular flexibility index (Phi) is 6.05. The Balaban J connectivity index is 1.71. The molecule has 1 heterocycles. The minimum Gasteiger partial charge on any atom is -0.497 e. The molecule has 0 bridgehead atoms. The third-order valence-corrected chi connectivity index (χ3v) is 5.70. The first-order valence-electron chi connectivity index (χ1n) is 9.04. The summed E-state index contributed by atoms with van der Waals surface area (Å²) in [7, 11) is 1.62. The Bertz CT molecular complexity index is 898. The number of nitriles is 1. The highest BCUT2D eigenvalue weighted by Gasteiger charge is 2.42. The molecule has 1 aromatic carbocycles. The molecule has 0 saturated heterocycles. The van der Waals surface area contributed by atoms with E-state index in [-0.39, 0.29) is 17.6 Å². The summed E-state index contributed by atoms with van der Waals surface area (Å²) in [6.45, 7) is 6.11. The lowest BCUT2D eigenvalue weighted by Gasteiger charge is -2.22. The van der Waals surface area contributed by atoms with Crippen LogP contribution in [0, 0.1) is 17.2 Å². The third kappa shape index (κ3) is 4.37. The lowest BCUT2D eigenvalue weighted by atomic mass is 9.98. The molecule has 3 rings (SSSR count). The van der Waals surface area contributed by atoms with Crippen LogP contribution >= 0.6 is 11.8 Å². The number of carbonyl (C=O) groups is 1. The van der Waals surface area contributed by atoms with Crippen LogP contribution in [0.1, 0.15) is 19.8 Å². The predicted octanol–water partition coefficient (Wildman–Crippen LogP) is 3.04. The van der Waals surface area contributed by atoms with Gasteiger partial charge in [0.2, 0.25) is 5.91 Å². The molecular formula is C20H23N5O2S. The topological polar surface area (TPSA) is 92.8 Å². The number of nitrogens with one attached hydrogen (secondary N) is 1. The second-order valence-corrected chi connectivity index (χ2v) is 7.80. The van der Waals surface area contributed by atoms with Gasteiger partial charge in [-0.15, -0.1) is 16.8 Å². The van der Waals surface area contributed by atoms with E-state index in [2.05, 4.69) is 28.2 Å². The molecule has 0 unspecified atom stereocenters. The highest BCUT2D eigenvalue weighted by atomic mass is 32.2. The maximum Gasteiger partial charge on any atom is 0.231 e. The van der Waals surface area contributed by atoms with Gasteiger partial charge in [-0.3, -0.25) is 9.36 Å². The number of amides is 1. The number of rotatable bonds is 9. The minimum absolute atomic E-state index is 0.169. The van der Waals surface area contributed by atoms with Gasteiger partial charge in [0.15, 0.2) is 11.0 Å². The molecule has 0 aliphatic heterocycles. The van der Waals surface area contributed by atoms with Crippen LogP contribution in [0.5, 0.6) is 5.75 Å². The zero-order valence-corrected chi connectivity index (χ0v) is 16.8. The fourth-order valence-electron chi connectivity index (χ4n) is 2.98. The molecule has 1 atom stereocenters. The van der Waals surface area contributed by atoms with Crippen LogP contribution < -0.4 is 10.1 Å². The standard InChI is InChI=1S/C20H23N5O2S/c1-4-11-25-18(14-5-9-16(27-3)10-6-14)23-24-19(25)28-12-17(26)22-20(2,13-21)15-7-8-15/h4-6,9-10,15H,1,7-8,11-12H2,2-3H3,(H,22,26)/t20-/m0/s1. The van der Waals surface area contributed by atoms with Gasteiger partial charge < -0.3 is 10.1 Å². The Labute approximate surface area is 168 Å². The molecule has 1 aliphatic rings. The second kappa shape index (κ2) is 8.48. The maximum absolute atomic E-state index is 12.4. The smallest absolute Gasteiger partial charge is 0.231 e. The summed E-state index contributed by atoms with van der Waals surface area (Å²) >= 11 is 1.30. The number of methoxy groups -OCH3 is 1. The number of ether oxygens (including phenoxy) is 1. The van der Waals surface area contributed by atoms with Crippen molar-refractivity contribution in [2.75, 3.05) is 12.9 Å². The van der Waals surface area contributed by atoms with E-state index in [1.807, 2.05) is 28.8 Å². The van der Waals surface area contributed by atoms with Crippen molar-refractivity contribution in [3.63, 3.8) is 0 Å². The summed E-state index contributed by atoms with van der Waals surface area (Å²) in [5.74, 6) is 1.70. The molecule has 1 fully saturated rings. The van der Waals surface area contributed by atoms with Crippen molar-refractivity contribution >= 4 is 17.7 Å². The van der Waals surface area contributed by atoms with Gasteiger partial charge in [-0.1, -0.05) is 17.8 Å². The van der Waals surface area contributed by atoms with Gasteiger partial charge in [-0.05, 0) is 49.9 Å². The molecule has 1 N–H and O–H groups in total. The second-order valence-electron chi connectivity index (χ2n) is 6.86. The average Bonchev–Trinajstić information content (AvgIpc) is 3.50. The number of thioether (sulfide) groups is 1. The molecular weight excluding hydrogens is 374 g/mol. The van der Waals surface area contributed by atoms with E-state index in [1.165, 1.54) is 11.8 Å². The van der Waals surface area contributed by atoms with Crippen molar-refractivity contribution in [1.82, 2.24) is 20.1 Å². The molecule has 2 aromatic rings. The molecule has 1 saturated carbocycles. The van der Waals surface area contributed by atoms with E-state index in [9.17, 15) is 10.1 Å². The molecule has 146 valence electrons. The minimum atomic E-state index is -0.791. The van der Waals surface area contributed by atoms with E-state index in [0.29, 0.717) is 17.5 Å². The first kappa shape index (κ1) is 20.0. The fraction of sp³-hybridized carbons (Fsp3) is 0.400. The number of hydrogen-bond donors (Lipinski definition) is 1. The summed E-state index contributed by atoms with van der Waals surface area (Å²) in [5, 5.41) is 21.4. The van der Waals surface area contributed by atoms with E-state index in [1.54, 1.807) is 20.1 Å². The van der Waals surface area contributed by atoms with Crippen LogP contribution in [-0.2, 0) is 11.3 Å². The number of benzene rings is 1. The maximum atomic E-state index is 12.4. The van der Waals surface area contributed by atoms with E-state index in [0.717, 1.165) is 24.2 Å². The average molecular weight is 398 g/mol. The van der Waals surface area contributed by atoms with Gasteiger partial charge in [0.05, 0.1) is 18.9 Å². The molecule has 8 heteroatoms. The van der Waals surface area contributed by atoms with Gasteiger partial charge in [0, 0.05) is 12.1 Å². The zero-order chi connectivity index (χ0) is 20.1. The molecule has 28 heavy (non-hydrogen) atoms. The Morgan fingerprint density at radius 2 is 2.18 bits per heavy atom. The fourth-order valence-corrected chi connectivity index (χ4v) is 3.73. The van der Waals surface area contributed by atoms with Crippen molar-refractivity contribution in [2.24, 2.45) is 5.92 Å². The summed E-state index contributed by atoms with van der Waals surface area (Å²) in [6.07, 6.45) is 3.73. The lowest BCUT2D eigenvalue weighted by Crippen LogP contribution is -2.47. The normalized spacial score (nSPS) is 15.3. The summed E-state index contributed by atoms with van der Waals surface area (Å²) in [5.41, 5.74) is 0.109. The van der Waals surface area contributed by atoms with Crippen molar-refractivity contribution in [2.45, 2.75) is 37.0 Å².